The molecule has 22 heavy (non-hydrogen) atoms. The highest BCUT2D eigenvalue weighted by Crippen LogP contribution is 2.40. The monoisotopic (exact) mass is 341 g/mol. The van der Waals surface area contributed by atoms with Crippen LogP contribution in [0.3, 0.4) is 0 Å². The van der Waals surface area contributed by atoms with Gasteiger partial charge < -0.3 is 4.90 Å². The second kappa shape index (κ2) is 6.79. The predicted molar refractivity (Wildman–Crippen MR) is 89.9 cm³/mol. The van der Waals surface area contributed by atoms with Gasteiger partial charge >= 0.3 is 0 Å². The fourth-order valence-corrected chi connectivity index (χ4v) is 4.95. The van der Waals surface area contributed by atoms with Crippen molar-refractivity contribution in [3.8, 4) is 0 Å². The molecule has 2 heterocycles. The number of halogens is 2. The maximum Gasteiger partial charge on any atom is 0.223 e. The second-order valence-corrected chi connectivity index (χ2v) is 7.76. The van der Waals surface area contributed by atoms with E-state index in [9.17, 15) is 9.18 Å². The number of carbonyl (C=O) groups is 1. The minimum Gasteiger partial charge on any atom is -0.337 e. The van der Waals surface area contributed by atoms with Crippen molar-refractivity contribution >= 4 is 29.3 Å². The number of fused-ring (bicyclic) bond motifs is 2. The van der Waals surface area contributed by atoms with Crippen LogP contribution in [-0.2, 0) is 11.2 Å². The molecular formula is C17H21ClFNOS. The number of hydrogen-bond donors (Lipinski definition) is 0. The normalized spacial score (nSPS) is 27.2. The summed E-state index contributed by atoms with van der Waals surface area (Å²) >= 11 is 7.95. The number of carbonyl (C=O) groups excluding carboxylic acids is 1. The summed E-state index contributed by atoms with van der Waals surface area (Å²) < 4.78 is 13.8. The van der Waals surface area contributed by atoms with Crippen molar-refractivity contribution in [3.05, 3.63) is 34.6 Å². The van der Waals surface area contributed by atoms with E-state index >= 15 is 0 Å². The van der Waals surface area contributed by atoms with Crippen molar-refractivity contribution in [1.29, 1.82) is 0 Å². The highest BCUT2D eigenvalue weighted by Gasteiger charge is 2.42. The zero-order chi connectivity index (χ0) is 15.7. The van der Waals surface area contributed by atoms with E-state index < -0.39 is 0 Å². The Morgan fingerprint density at radius 3 is 2.64 bits per heavy atom. The molecule has 0 aromatic heterocycles. The smallest absolute Gasteiger partial charge is 0.223 e. The molecule has 0 radical (unpaired) electrons. The molecule has 1 aromatic carbocycles. The van der Waals surface area contributed by atoms with Crippen molar-refractivity contribution in [2.75, 3.05) is 6.26 Å². The van der Waals surface area contributed by atoms with E-state index in [1.165, 1.54) is 6.07 Å². The van der Waals surface area contributed by atoms with Gasteiger partial charge in [0, 0.05) is 34.3 Å². The third-order valence-corrected chi connectivity index (χ3v) is 6.37. The average Bonchev–Trinajstić information content (AvgIpc) is 2.77. The van der Waals surface area contributed by atoms with Gasteiger partial charge in [0.25, 0.3) is 0 Å². The quantitative estimate of drug-likeness (QED) is 0.814. The Hall–Kier alpha value is -0.740. The van der Waals surface area contributed by atoms with Gasteiger partial charge in [-0.15, -0.1) is 0 Å². The van der Waals surface area contributed by atoms with E-state index in [4.69, 9.17) is 11.6 Å². The molecule has 2 bridgehead atoms. The second-order valence-electron chi connectivity index (χ2n) is 6.22. The molecule has 1 aromatic rings. The Kier molecular flexibility index (Phi) is 4.98. The molecule has 2 nitrogen and oxygen atoms in total. The highest BCUT2D eigenvalue weighted by molar-refractivity contribution is 7.99. The predicted octanol–water partition coefficient (Wildman–Crippen LogP) is 4.30. The molecule has 5 heteroatoms. The van der Waals surface area contributed by atoms with Crippen LogP contribution in [0.1, 0.15) is 37.7 Å². The molecule has 1 amide bonds. The Morgan fingerprint density at radius 2 is 2.05 bits per heavy atom. The lowest BCUT2D eigenvalue weighted by Gasteiger charge is -2.38. The Labute approximate surface area is 140 Å². The van der Waals surface area contributed by atoms with Gasteiger partial charge in [-0.2, -0.15) is 11.8 Å². The lowest BCUT2D eigenvalue weighted by atomic mass is 10.0. The van der Waals surface area contributed by atoms with Gasteiger partial charge in [0.2, 0.25) is 5.91 Å². The number of amides is 1. The Bertz CT molecular complexity index is 533. The van der Waals surface area contributed by atoms with Gasteiger partial charge in [-0.05, 0) is 50.5 Å². The third kappa shape index (κ3) is 3.13. The van der Waals surface area contributed by atoms with E-state index in [-0.39, 0.29) is 11.7 Å². The minimum absolute atomic E-state index is 0.159. The lowest BCUT2D eigenvalue weighted by Crippen LogP contribution is -2.47. The molecule has 0 spiro atoms. The fraction of sp³-hybridized carbons (Fsp3) is 0.588. The zero-order valence-electron chi connectivity index (χ0n) is 12.7. The Morgan fingerprint density at radius 1 is 1.36 bits per heavy atom. The molecule has 0 aliphatic carbocycles. The Balaban J connectivity index is 1.64. The molecule has 120 valence electrons. The van der Waals surface area contributed by atoms with Gasteiger partial charge in [0.15, 0.2) is 0 Å². The molecule has 2 saturated heterocycles. The van der Waals surface area contributed by atoms with Crippen molar-refractivity contribution in [2.45, 2.75) is 55.9 Å². The lowest BCUT2D eigenvalue weighted by molar-refractivity contribution is -0.135. The molecule has 2 aliphatic heterocycles. The number of rotatable bonds is 4. The SMILES string of the molecule is CSC1C[C@H]2CC[C@@H](C1)N2C(=O)CCc1c(F)cccc1Cl. The van der Waals surface area contributed by atoms with Gasteiger partial charge in [0.1, 0.15) is 5.82 Å². The number of nitrogens with zero attached hydrogens (tertiary/aromatic N) is 1. The van der Waals surface area contributed by atoms with Gasteiger partial charge in [0.05, 0.1) is 0 Å². The molecule has 0 saturated carbocycles. The topological polar surface area (TPSA) is 20.3 Å². The van der Waals surface area contributed by atoms with Crippen LogP contribution in [0.25, 0.3) is 0 Å². The minimum atomic E-state index is -0.315. The number of benzene rings is 1. The summed E-state index contributed by atoms with van der Waals surface area (Å²) in [5, 5.41) is 1.10. The van der Waals surface area contributed by atoms with Crippen molar-refractivity contribution in [1.82, 2.24) is 4.90 Å². The molecule has 0 N–H and O–H groups in total. The van der Waals surface area contributed by atoms with E-state index in [0.29, 0.717) is 40.8 Å². The molecule has 3 atom stereocenters. The standard InChI is InChI=1S/C17H21ClFNOS/c1-22-13-9-11-5-6-12(10-13)20(11)17(21)8-7-14-15(18)3-2-4-16(14)19/h2-4,11-13H,5-10H2,1H3/t11-,12+,13?. The van der Waals surface area contributed by atoms with E-state index in [0.717, 1.165) is 25.7 Å². The number of hydrogen-bond acceptors (Lipinski definition) is 2. The molecule has 2 aliphatic rings. The summed E-state index contributed by atoms with van der Waals surface area (Å²) in [6.45, 7) is 0. The van der Waals surface area contributed by atoms with Crippen LogP contribution in [0.2, 0.25) is 5.02 Å². The van der Waals surface area contributed by atoms with Crippen LogP contribution >= 0.6 is 23.4 Å². The van der Waals surface area contributed by atoms with E-state index in [1.807, 2.05) is 11.8 Å². The maximum absolute atomic E-state index is 13.8. The number of thioether (sulfide) groups is 1. The van der Waals surface area contributed by atoms with Crippen LogP contribution < -0.4 is 0 Å². The van der Waals surface area contributed by atoms with E-state index in [2.05, 4.69) is 11.2 Å². The molecule has 1 unspecified atom stereocenters. The third-order valence-electron chi connectivity index (χ3n) is 4.96. The largest absolute Gasteiger partial charge is 0.337 e. The van der Waals surface area contributed by atoms with Crippen LogP contribution in [0.5, 0.6) is 0 Å². The summed E-state index contributed by atoms with van der Waals surface area (Å²) in [6, 6.07) is 5.45. The van der Waals surface area contributed by atoms with E-state index in [1.54, 1.807) is 12.1 Å². The first-order chi connectivity index (χ1) is 10.6. The van der Waals surface area contributed by atoms with Crippen LogP contribution in [-0.4, -0.2) is 34.4 Å². The van der Waals surface area contributed by atoms with Gasteiger partial charge in [-0.1, -0.05) is 17.7 Å². The first-order valence-corrected chi connectivity index (χ1v) is 9.53. The highest BCUT2D eigenvalue weighted by atomic mass is 35.5. The van der Waals surface area contributed by atoms with Gasteiger partial charge in [-0.3, -0.25) is 4.79 Å². The summed E-state index contributed by atoms with van der Waals surface area (Å²) in [4.78, 5) is 14.7. The molecular weight excluding hydrogens is 321 g/mol. The fourth-order valence-electron chi connectivity index (χ4n) is 3.86. The van der Waals surface area contributed by atoms with Crippen molar-refractivity contribution in [3.63, 3.8) is 0 Å². The summed E-state index contributed by atoms with van der Waals surface area (Å²) in [7, 11) is 0. The summed E-state index contributed by atoms with van der Waals surface area (Å²) in [5.41, 5.74) is 0.462. The number of piperidine rings is 1. The molecule has 3 rings (SSSR count). The van der Waals surface area contributed by atoms with Crippen LogP contribution in [0.4, 0.5) is 4.39 Å². The van der Waals surface area contributed by atoms with Crippen LogP contribution in [0.15, 0.2) is 18.2 Å². The molecule has 2 fully saturated rings. The zero-order valence-corrected chi connectivity index (χ0v) is 14.3. The van der Waals surface area contributed by atoms with Crippen molar-refractivity contribution in [2.24, 2.45) is 0 Å². The maximum atomic E-state index is 13.8. The van der Waals surface area contributed by atoms with Crippen molar-refractivity contribution < 1.29 is 9.18 Å². The van der Waals surface area contributed by atoms with Crippen LogP contribution in [0, 0.1) is 5.82 Å². The average molecular weight is 342 g/mol. The first kappa shape index (κ1) is 16.1. The summed E-state index contributed by atoms with van der Waals surface area (Å²) in [6.07, 6.45) is 7.32. The first-order valence-electron chi connectivity index (χ1n) is 7.87. The van der Waals surface area contributed by atoms with Gasteiger partial charge in [-0.25, -0.2) is 4.39 Å². The summed E-state index contributed by atoms with van der Waals surface area (Å²) in [5.74, 6) is -0.157.